The molecule has 2 heterocycles. The second-order valence-electron chi connectivity index (χ2n) is 12.6. The minimum atomic E-state index is -4.82. The molecule has 2 aromatic carbocycles. The quantitative estimate of drug-likeness (QED) is 0.277. The number of aromatic nitrogens is 4. The van der Waals surface area contributed by atoms with E-state index in [-0.39, 0.29) is 35.4 Å². The number of H-pyrrole nitrogens is 1. The van der Waals surface area contributed by atoms with Gasteiger partial charge >= 0.3 is 12.1 Å². The van der Waals surface area contributed by atoms with Crippen LogP contribution < -0.4 is 16.0 Å². The molecular formula is C32H29F3N4O5. The van der Waals surface area contributed by atoms with E-state index >= 15 is 0 Å². The molecule has 2 unspecified atom stereocenters. The summed E-state index contributed by atoms with van der Waals surface area (Å²) in [5, 5.41) is 8.14. The molecule has 0 bridgehead atoms. The van der Waals surface area contributed by atoms with Crippen LogP contribution in [0, 0.1) is 17.8 Å². The Morgan fingerprint density at radius 1 is 1.02 bits per heavy atom. The van der Waals surface area contributed by atoms with Gasteiger partial charge in [0.1, 0.15) is 23.4 Å². The molecule has 4 aliphatic rings. The number of ether oxygens (including phenoxy) is 2. The van der Waals surface area contributed by atoms with Crippen molar-refractivity contribution in [1.29, 1.82) is 0 Å². The van der Waals surface area contributed by atoms with Gasteiger partial charge in [0.05, 0.1) is 18.4 Å². The Bertz CT molecular complexity index is 1830. The van der Waals surface area contributed by atoms with Gasteiger partial charge < -0.3 is 14.0 Å². The molecule has 4 aliphatic carbocycles. The normalized spacial score (nSPS) is 27.2. The Morgan fingerprint density at radius 3 is 2.43 bits per heavy atom. The Morgan fingerprint density at radius 2 is 1.75 bits per heavy atom. The second-order valence-corrected chi connectivity index (χ2v) is 12.6. The summed E-state index contributed by atoms with van der Waals surface area (Å²) in [6, 6.07) is 13.9. The van der Waals surface area contributed by atoms with Crippen LogP contribution in [-0.2, 0) is 16.8 Å². The number of halogens is 3. The highest BCUT2D eigenvalue weighted by Gasteiger charge is 2.67. The van der Waals surface area contributed by atoms with Gasteiger partial charge in [-0.25, -0.2) is 4.79 Å². The number of nitrogens with zero attached hydrogens (tertiary/aromatic N) is 3. The zero-order valence-corrected chi connectivity index (χ0v) is 23.5. The number of hydrogen-bond acceptors (Lipinski definition) is 7. The minimum absolute atomic E-state index is 0.0524. The van der Waals surface area contributed by atoms with Gasteiger partial charge in [0, 0.05) is 17.0 Å². The summed E-state index contributed by atoms with van der Waals surface area (Å²) in [4.78, 5) is 25.7. The first-order valence-electron chi connectivity index (χ1n) is 14.9. The standard InChI is InChI=1S/C32H29F3N4O5/c33-32(34,35)43-25-4-2-1-3-23(25)28-24(29(44-38-28)17-5-6-17)16-42-22-11-18-13-31(14-19(12-22)27(18)31)20-7-9-21(10-8-20)39-30(41)37-26(40)15-36-39/h1-4,7-10,15,17-19,22,27H,5-6,11-14,16H2,(H,37,40,41)/t18-,19+,22-,27?,31?. The maximum absolute atomic E-state index is 13.1. The SMILES string of the molecule is O=c1cnn(-c2ccc(C34C[C@H]5C[C@@H](OCc6c(-c7ccccc7OC(F)(F)F)noc6C6CC6)C[C@@H](C3)C54)cc2)c(=O)[nH]1. The highest BCUT2D eigenvalue weighted by Crippen LogP contribution is 2.72. The molecule has 5 atom stereocenters. The van der Waals surface area contributed by atoms with Gasteiger partial charge in [0.15, 0.2) is 0 Å². The largest absolute Gasteiger partial charge is 0.573 e. The lowest BCUT2D eigenvalue weighted by Crippen LogP contribution is -2.67. The highest BCUT2D eigenvalue weighted by atomic mass is 19.4. The lowest BCUT2D eigenvalue weighted by molar-refractivity contribution is -0.274. The van der Waals surface area contributed by atoms with Crippen molar-refractivity contribution >= 4 is 0 Å². The molecule has 0 spiro atoms. The smallest absolute Gasteiger partial charge is 0.405 e. The summed E-state index contributed by atoms with van der Waals surface area (Å²) in [5.74, 6) is 2.27. The number of hydrogen-bond donors (Lipinski definition) is 1. The van der Waals surface area contributed by atoms with Crippen LogP contribution in [0.4, 0.5) is 13.2 Å². The van der Waals surface area contributed by atoms with Gasteiger partial charge in [-0.3, -0.25) is 9.78 Å². The Labute approximate surface area is 249 Å². The third-order valence-corrected chi connectivity index (χ3v) is 10.0. The molecule has 9 nitrogen and oxygen atoms in total. The van der Waals surface area contributed by atoms with Gasteiger partial charge in [-0.15, -0.1) is 13.2 Å². The van der Waals surface area contributed by atoms with E-state index in [1.165, 1.54) is 22.4 Å². The van der Waals surface area contributed by atoms with Crippen molar-refractivity contribution in [3.63, 3.8) is 0 Å². The van der Waals surface area contributed by atoms with Crippen molar-refractivity contribution in [3.8, 4) is 22.7 Å². The zero-order valence-electron chi connectivity index (χ0n) is 23.5. The lowest BCUT2D eigenvalue weighted by Gasteiger charge is -2.71. The van der Waals surface area contributed by atoms with Crippen LogP contribution in [-0.4, -0.2) is 32.4 Å². The predicted octanol–water partition coefficient (Wildman–Crippen LogP) is 5.62. The van der Waals surface area contributed by atoms with Crippen LogP contribution >= 0.6 is 0 Å². The van der Waals surface area contributed by atoms with Crippen LogP contribution in [0.15, 0.2) is 68.8 Å². The molecule has 4 saturated carbocycles. The molecule has 228 valence electrons. The topological polar surface area (TPSA) is 112 Å². The summed E-state index contributed by atoms with van der Waals surface area (Å²) in [6.07, 6.45) is 2.23. The first-order valence-corrected chi connectivity index (χ1v) is 14.9. The summed E-state index contributed by atoms with van der Waals surface area (Å²) < 4.78 is 57.0. The molecule has 0 radical (unpaired) electrons. The van der Waals surface area contributed by atoms with Crippen LogP contribution in [0.2, 0.25) is 0 Å². The fraction of sp³-hybridized carbons (Fsp3) is 0.438. The third kappa shape index (κ3) is 4.58. The molecule has 12 heteroatoms. The Balaban J connectivity index is 0.960. The summed E-state index contributed by atoms with van der Waals surface area (Å²) in [7, 11) is 0. The fourth-order valence-electron chi connectivity index (χ4n) is 8.20. The summed E-state index contributed by atoms with van der Waals surface area (Å²) in [5.41, 5.74) is 2.18. The number of benzene rings is 2. The van der Waals surface area contributed by atoms with Crippen molar-refractivity contribution in [2.45, 2.75) is 68.9 Å². The average Bonchev–Trinajstić information content (AvgIpc) is 3.72. The molecule has 0 saturated heterocycles. The van der Waals surface area contributed by atoms with Crippen molar-refractivity contribution in [2.24, 2.45) is 17.8 Å². The van der Waals surface area contributed by atoms with E-state index in [2.05, 4.69) is 32.1 Å². The van der Waals surface area contributed by atoms with Crippen molar-refractivity contribution in [1.82, 2.24) is 19.9 Å². The van der Waals surface area contributed by atoms with Crippen LogP contribution in [0.25, 0.3) is 16.9 Å². The number of aromatic amines is 1. The number of alkyl halides is 3. The second kappa shape index (κ2) is 9.91. The average molecular weight is 607 g/mol. The highest BCUT2D eigenvalue weighted by molar-refractivity contribution is 5.70. The zero-order chi connectivity index (χ0) is 30.2. The van der Waals surface area contributed by atoms with Gasteiger partial charge in [0.2, 0.25) is 0 Å². The van der Waals surface area contributed by atoms with Crippen LogP contribution in [0.5, 0.6) is 5.75 Å². The fourth-order valence-corrected chi connectivity index (χ4v) is 8.20. The number of nitrogens with one attached hydrogen (secondary N) is 1. The first kappa shape index (κ1) is 27.4. The monoisotopic (exact) mass is 606 g/mol. The van der Waals surface area contributed by atoms with Crippen LogP contribution in [0.1, 0.15) is 61.3 Å². The van der Waals surface area contributed by atoms with Gasteiger partial charge in [-0.05, 0) is 91.5 Å². The molecule has 1 N–H and O–H groups in total. The van der Waals surface area contributed by atoms with Crippen molar-refractivity contribution in [3.05, 3.63) is 92.5 Å². The van der Waals surface area contributed by atoms with Crippen molar-refractivity contribution < 1.29 is 27.2 Å². The van der Waals surface area contributed by atoms with E-state index in [1.807, 2.05) is 12.1 Å². The van der Waals surface area contributed by atoms with Gasteiger partial charge in [-0.2, -0.15) is 9.78 Å². The number of rotatable bonds is 8. The predicted molar refractivity (Wildman–Crippen MR) is 150 cm³/mol. The van der Waals surface area contributed by atoms with E-state index in [9.17, 15) is 22.8 Å². The number of para-hydroxylation sites is 1. The first-order chi connectivity index (χ1) is 21.2. The molecular weight excluding hydrogens is 577 g/mol. The molecule has 2 aromatic heterocycles. The van der Waals surface area contributed by atoms with E-state index in [4.69, 9.17) is 9.26 Å². The van der Waals surface area contributed by atoms with Gasteiger partial charge in [-0.1, -0.05) is 29.4 Å². The summed E-state index contributed by atoms with van der Waals surface area (Å²) >= 11 is 0. The van der Waals surface area contributed by atoms with Crippen LogP contribution in [0.3, 0.4) is 0 Å². The van der Waals surface area contributed by atoms with Crippen molar-refractivity contribution in [2.75, 3.05) is 0 Å². The van der Waals surface area contributed by atoms with Gasteiger partial charge in [0.25, 0.3) is 5.56 Å². The maximum Gasteiger partial charge on any atom is 0.573 e. The molecule has 4 fully saturated rings. The van der Waals surface area contributed by atoms with E-state index < -0.39 is 17.6 Å². The molecule has 4 aromatic rings. The minimum Gasteiger partial charge on any atom is -0.405 e. The van der Waals surface area contributed by atoms with E-state index in [1.54, 1.807) is 12.1 Å². The maximum atomic E-state index is 13.1. The molecule has 0 amide bonds. The molecule has 0 aliphatic heterocycles. The van der Waals surface area contributed by atoms with E-state index in [0.29, 0.717) is 40.5 Å². The lowest BCUT2D eigenvalue weighted by atomic mass is 9.33. The molecule has 44 heavy (non-hydrogen) atoms. The van der Waals surface area contributed by atoms with E-state index in [0.717, 1.165) is 44.7 Å². The Hall–Kier alpha value is -4.19. The third-order valence-electron chi connectivity index (χ3n) is 10.0. The molecule has 8 rings (SSSR count). The summed E-state index contributed by atoms with van der Waals surface area (Å²) in [6.45, 7) is 0.227. The Kier molecular flexibility index (Phi) is 6.17.